The van der Waals surface area contributed by atoms with E-state index in [1.54, 1.807) is 0 Å². The Morgan fingerprint density at radius 3 is 2.73 bits per heavy atom. The predicted octanol–water partition coefficient (Wildman–Crippen LogP) is 0.951. The molecule has 88 valence electrons. The van der Waals surface area contributed by atoms with Gasteiger partial charge in [0, 0.05) is 19.1 Å². The molecular formula is C12H24N2O. The minimum Gasteiger partial charge on any atom is -0.376 e. The van der Waals surface area contributed by atoms with Gasteiger partial charge < -0.3 is 10.1 Å². The molecule has 0 aliphatic carbocycles. The predicted molar refractivity (Wildman–Crippen MR) is 62.0 cm³/mol. The third-order valence-electron chi connectivity index (χ3n) is 3.88. The lowest BCUT2D eigenvalue weighted by Crippen LogP contribution is -2.49. The SMILES string of the molecule is CC1CN(C[C@@H]2CNC[C@H]2C)C(C)CO1. The molecule has 2 fully saturated rings. The molecule has 3 nitrogen and oxygen atoms in total. The van der Waals surface area contributed by atoms with Crippen LogP contribution in [0.4, 0.5) is 0 Å². The lowest BCUT2D eigenvalue weighted by Gasteiger charge is -2.38. The van der Waals surface area contributed by atoms with E-state index in [1.165, 1.54) is 19.6 Å². The van der Waals surface area contributed by atoms with Crippen LogP contribution in [0.5, 0.6) is 0 Å². The van der Waals surface area contributed by atoms with Crippen molar-refractivity contribution in [1.82, 2.24) is 10.2 Å². The topological polar surface area (TPSA) is 24.5 Å². The van der Waals surface area contributed by atoms with Gasteiger partial charge in [0.2, 0.25) is 0 Å². The van der Waals surface area contributed by atoms with Crippen LogP contribution >= 0.6 is 0 Å². The lowest BCUT2D eigenvalue weighted by molar-refractivity contribution is -0.0548. The third-order valence-corrected chi connectivity index (χ3v) is 3.88. The molecule has 2 rings (SSSR count). The van der Waals surface area contributed by atoms with Crippen molar-refractivity contribution in [3.63, 3.8) is 0 Å². The molecule has 15 heavy (non-hydrogen) atoms. The molecule has 0 aromatic rings. The van der Waals surface area contributed by atoms with E-state index in [9.17, 15) is 0 Å². The highest BCUT2D eigenvalue weighted by Gasteiger charge is 2.29. The molecular weight excluding hydrogens is 188 g/mol. The standard InChI is InChI=1S/C12H24N2O/c1-9-4-13-5-12(9)7-14-6-11(3)15-8-10(14)2/h9-13H,4-8H2,1-3H3/t9-,10?,11?,12+/m1/s1. The monoisotopic (exact) mass is 212 g/mol. The van der Waals surface area contributed by atoms with Crippen molar-refractivity contribution in [2.45, 2.75) is 32.9 Å². The van der Waals surface area contributed by atoms with Crippen LogP contribution in [-0.2, 0) is 4.74 Å². The Morgan fingerprint density at radius 1 is 1.27 bits per heavy atom. The number of ether oxygens (including phenoxy) is 1. The largest absolute Gasteiger partial charge is 0.376 e. The molecule has 0 aromatic carbocycles. The molecule has 0 saturated carbocycles. The molecule has 2 aliphatic rings. The van der Waals surface area contributed by atoms with Gasteiger partial charge in [-0.15, -0.1) is 0 Å². The molecule has 2 saturated heterocycles. The summed E-state index contributed by atoms with van der Waals surface area (Å²) in [5, 5.41) is 3.48. The second-order valence-electron chi connectivity index (χ2n) is 5.34. The number of nitrogens with one attached hydrogen (secondary N) is 1. The first-order valence-electron chi connectivity index (χ1n) is 6.23. The van der Waals surface area contributed by atoms with Crippen molar-refractivity contribution in [1.29, 1.82) is 0 Å². The molecule has 1 N–H and O–H groups in total. The van der Waals surface area contributed by atoms with E-state index in [2.05, 4.69) is 31.0 Å². The minimum absolute atomic E-state index is 0.408. The van der Waals surface area contributed by atoms with Gasteiger partial charge in [-0.3, -0.25) is 4.90 Å². The van der Waals surface area contributed by atoms with Gasteiger partial charge in [-0.2, -0.15) is 0 Å². The Hall–Kier alpha value is -0.120. The first kappa shape index (κ1) is 11.4. The molecule has 0 amide bonds. The fourth-order valence-corrected chi connectivity index (χ4v) is 2.64. The number of hydrogen-bond donors (Lipinski definition) is 1. The minimum atomic E-state index is 0.408. The molecule has 2 heterocycles. The zero-order chi connectivity index (χ0) is 10.8. The smallest absolute Gasteiger partial charge is 0.0674 e. The van der Waals surface area contributed by atoms with Crippen LogP contribution in [0.15, 0.2) is 0 Å². The molecule has 4 atom stereocenters. The van der Waals surface area contributed by atoms with E-state index < -0.39 is 0 Å². The molecule has 3 heteroatoms. The van der Waals surface area contributed by atoms with Gasteiger partial charge >= 0.3 is 0 Å². The van der Waals surface area contributed by atoms with Crippen LogP contribution in [0.25, 0.3) is 0 Å². The highest BCUT2D eigenvalue weighted by atomic mass is 16.5. The van der Waals surface area contributed by atoms with Gasteiger partial charge in [-0.1, -0.05) is 6.92 Å². The van der Waals surface area contributed by atoms with Crippen molar-refractivity contribution < 1.29 is 4.74 Å². The highest BCUT2D eigenvalue weighted by molar-refractivity contribution is 4.84. The summed E-state index contributed by atoms with van der Waals surface area (Å²) in [6.45, 7) is 12.4. The summed E-state index contributed by atoms with van der Waals surface area (Å²) >= 11 is 0. The second-order valence-corrected chi connectivity index (χ2v) is 5.34. The van der Waals surface area contributed by atoms with Crippen molar-refractivity contribution in [2.75, 3.05) is 32.8 Å². The molecule has 2 unspecified atom stereocenters. The zero-order valence-electron chi connectivity index (χ0n) is 10.2. The van der Waals surface area contributed by atoms with E-state index >= 15 is 0 Å². The Kier molecular flexibility index (Phi) is 3.65. The summed E-state index contributed by atoms with van der Waals surface area (Å²) in [5.41, 5.74) is 0. The van der Waals surface area contributed by atoms with Gasteiger partial charge in [0.15, 0.2) is 0 Å². The van der Waals surface area contributed by atoms with Crippen molar-refractivity contribution in [3.05, 3.63) is 0 Å². The van der Waals surface area contributed by atoms with Crippen molar-refractivity contribution >= 4 is 0 Å². The summed E-state index contributed by atoms with van der Waals surface area (Å²) in [5.74, 6) is 1.66. The molecule has 0 spiro atoms. The second kappa shape index (κ2) is 4.81. The van der Waals surface area contributed by atoms with Gasteiger partial charge in [-0.25, -0.2) is 0 Å². The number of hydrogen-bond acceptors (Lipinski definition) is 3. The van der Waals surface area contributed by atoms with Crippen molar-refractivity contribution in [3.8, 4) is 0 Å². The van der Waals surface area contributed by atoms with Gasteiger partial charge in [-0.05, 0) is 38.8 Å². The molecule has 2 aliphatic heterocycles. The van der Waals surface area contributed by atoms with Gasteiger partial charge in [0.25, 0.3) is 0 Å². The maximum Gasteiger partial charge on any atom is 0.0674 e. The van der Waals surface area contributed by atoms with Crippen LogP contribution < -0.4 is 5.32 Å². The zero-order valence-corrected chi connectivity index (χ0v) is 10.2. The van der Waals surface area contributed by atoms with Gasteiger partial charge in [0.1, 0.15) is 0 Å². The quantitative estimate of drug-likeness (QED) is 0.737. The van der Waals surface area contributed by atoms with E-state index in [0.717, 1.165) is 25.0 Å². The maximum absolute atomic E-state index is 5.65. The third kappa shape index (κ3) is 2.71. The fourth-order valence-electron chi connectivity index (χ4n) is 2.64. The fraction of sp³-hybridized carbons (Fsp3) is 1.00. The van der Waals surface area contributed by atoms with E-state index in [0.29, 0.717) is 12.1 Å². The maximum atomic E-state index is 5.65. The summed E-state index contributed by atoms with van der Waals surface area (Å²) in [6, 6.07) is 0.592. The van der Waals surface area contributed by atoms with Crippen LogP contribution in [0.2, 0.25) is 0 Å². The van der Waals surface area contributed by atoms with Crippen LogP contribution in [0.1, 0.15) is 20.8 Å². The molecule has 0 radical (unpaired) electrons. The van der Waals surface area contributed by atoms with Crippen LogP contribution in [0, 0.1) is 11.8 Å². The summed E-state index contributed by atoms with van der Waals surface area (Å²) in [4.78, 5) is 2.60. The average molecular weight is 212 g/mol. The van der Waals surface area contributed by atoms with Crippen molar-refractivity contribution in [2.24, 2.45) is 11.8 Å². The molecule has 0 bridgehead atoms. The normalized spacial score (nSPS) is 43.4. The first-order valence-corrected chi connectivity index (χ1v) is 6.23. The number of morpholine rings is 1. The van der Waals surface area contributed by atoms with Gasteiger partial charge in [0.05, 0.1) is 12.7 Å². The van der Waals surface area contributed by atoms with E-state index in [1.807, 2.05) is 0 Å². The molecule has 0 aromatic heterocycles. The Balaban J connectivity index is 1.86. The Labute approximate surface area is 93.2 Å². The van der Waals surface area contributed by atoms with E-state index in [4.69, 9.17) is 4.74 Å². The lowest BCUT2D eigenvalue weighted by atomic mass is 9.96. The first-order chi connectivity index (χ1) is 7.16. The van der Waals surface area contributed by atoms with E-state index in [-0.39, 0.29) is 0 Å². The summed E-state index contributed by atoms with van der Waals surface area (Å²) in [7, 11) is 0. The number of rotatable bonds is 2. The summed E-state index contributed by atoms with van der Waals surface area (Å²) in [6.07, 6.45) is 0.408. The Morgan fingerprint density at radius 2 is 2.07 bits per heavy atom. The van der Waals surface area contributed by atoms with Crippen LogP contribution in [-0.4, -0.2) is 49.8 Å². The average Bonchev–Trinajstić information content (AvgIpc) is 2.58. The summed E-state index contributed by atoms with van der Waals surface area (Å²) < 4.78 is 5.65. The van der Waals surface area contributed by atoms with Crippen LogP contribution in [0.3, 0.4) is 0 Å². The highest BCUT2D eigenvalue weighted by Crippen LogP contribution is 2.20. The number of nitrogens with zero attached hydrogens (tertiary/aromatic N) is 1. The Bertz CT molecular complexity index is 210.